The molecule has 122 valence electrons. The lowest BCUT2D eigenvalue weighted by molar-refractivity contribution is 0.511. The van der Waals surface area contributed by atoms with Crippen molar-refractivity contribution in [1.29, 1.82) is 0 Å². The molecule has 3 nitrogen and oxygen atoms in total. The van der Waals surface area contributed by atoms with E-state index in [1.807, 2.05) is 0 Å². The molecule has 1 aromatic rings. The Morgan fingerprint density at radius 1 is 1.05 bits per heavy atom. The van der Waals surface area contributed by atoms with Crippen molar-refractivity contribution in [2.45, 2.75) is 97.6 Å². The Morgan fingerprint density at radius 2 is 1.71 bits per heavy atom. The molecule has 1 rings (SSSR count). The second-order valence-corrected chi connectivity index (χ2v) is 6.17. The van der Waals surface area contributed by atoms with E-state index >= 15 is 0 Å². The molecule has 0 radical (unpaired) electrons. The van der Waals surface area contributed by atoms with E-state index in [2.05, 4.69) is 36.6 Å². The van der Waals surface area contributed by atoms with Gasteiger partial charge in [0.25, 0.3) is 0 Å². The van der Waals surface area contributed by atoms with Crippen LogP contribution in [0.1, 0.15) is 83.5 Å². The van der Waals surface area contributed by atoms with Crippen molar-refractivity contribution in [1.82, 2.24) is 9.78 Å². The lowest BCUT2D eigenvalue weighted by Crippen LogP contribution is -2.24. The van der Waals surface area contributed by atoms with Gasteiger partial charge in [0.05, 0.1) is 5.69 Å². The van der Waals surface area contributed by atoms with Crippen LogP contribution in [0.4, 0.5) is 0 Å². The van der Waals surface area contributed by atoms with Gasteiger partial charge in [0.2, 0.25) is 0 Å². The van der Waals surface area contributed by atoms with Crippen molar-refractivity contribution in [3.05, 3.63) is 17.5 Å². The highest BCUT2D eigenvalue weighted by atomic mass is 15.3. The molecule has 0 aromatic carbocycles. The van der Waals surface area contributed by atoms with E-state index in [1.165, 1.54) is 56.3 Å². The first-order chi connectivity index (χ1) is 10.2. The van der Waals surface area contributed by atoms with E-state index in [9.17, 15) is 0 Å². The Hall–Kier alpha value is -0.830. The molecule has 0 amide bonds. The topological polar surface area (TPSA) is 43.8 Å². The number of aryl methyl sites for hydroxylation is 2. The summed E-state index contributed by atoms with van der Waals surface area (Å²) in [6.07, 6.45) is 12.6. The lowest BCUT2D eigenvalue weighted by Gasteiger charge is -2.12. The first-order valence-corrected chi connectivity index (χ1v) is 9.02. The van der Waals surface area contributed by atoms with Gasteiger partial charge in [0.1, 0.15) is 0 Å². The molecule has 0 aliphatic carbocycles. The molecule has 0 saturated heterocycles. The minimum Gasteiger partial charge on any atom is -0.327 e. The zero-order chi connectivity index (χ0) is 15.5. The summed E-state index contributed by atoms with van der Waals surface area (Å²) in [5.74, 6) is 0. The van der Waals surface area contributed by atoms with Crippen molar-refractivity contribution >= 4 is 0 Å². The fourth-order valence-electron chi connectivity index (χ4n) is 2.86. The van der Waals surface area contributed by atoms with Gasteiger partial charge in [-0.2, -0.15) is 5.10 Å². The zero-order valence-electron chi connectivity index (χ0n) is 14.4. The van der Waals surface area contributed by atoms with Gasteiger partial charge in [-0.3, -0.25) is 4.68 Å². The minimum absolute atomic E-state index is 0.285. The largest absolute Gasteiger partial charge is 0.327 e. The van der Waals surface area contributed by atoms with Crippen molar-refractivity contribution < 1.29 is 0 Å². The summed E-state index contributed by atoms with van der Waals surface area (Å²) in [5, 5.41) is 4.60. The van der Waals surface area contributed by atoms with Gasteiger partial charge >= 0.3 is 0 Å². The van der Waals surface area contributed by atoms with E-state index < -0.39 is 0 Å². The summed E-state index contributed by atoms with van der Waals surface area (Å²) >= 11 is 0. The van der Waals surface area contributed by atoms with Gasteiger partial charge in [-0.15, -0.1) is 0 Å². The average Bonchev–Trinajstić information content (AvgIpc) is 2.88. The van der Waals surface area contributed by atoms with Crippen LogP contribution in [-0.2, 0) is 19.4 Å². The first kappa shape index (κ1) is 18.2. The standard InChI is InChI=1S/C18H35N3/c1-4-7-8-9-10-11-12-13-16(19)14-18-15-17(5-2)20-21(18)6-3/h15-16H,4-14,19H2,1-3H3. The van der Waals surface area contributed by atoms with Gasteiger partial charge in [-0.05, 0) is 25.8 Å². The molecule has 3 heteroatoms. The van der Waals surface area contributed by atoms with Crippen LogP contribution in [0.3, 0.4) is 0 Å². The number of nitrogens with zero attached hydrogens (tertiary/aromatic N) is 2. The number of hydrogen-bond donors (Lipinski definition) is 1. The molecule has 0 bridgehead atoms. The molecular weight excluding hydrogens is 258 g/mol. The summed E-state index contributed by atoms with van der Waals surface area (Å²) in [6.45, 7) is 7.52. The normalized spacial score (nSPS) is 12.8. The predicted molar refractivity (Wildman–Crippen MR) is 91.6 cm³/mol. The van der Waals surface area contributed by atoms with Gasteiger partial charge in [0.15, 0.2) is 0 Å². The number of rotatable bonds is 12. The molecule has 21 heavy (non-hydrogen) atoms. The minimum atomic E-state index is 0.285. The predicted octanol–water partition coefficient (Wildman–Crippen LogP) is 4.48. The van der Waals surface area contributed by atoms with Crippen molar-refractivity contribution in [3.8, 4) is 0 Å². The Bertz CT molecular complexity index is 371. The quantitative estimate of drug-likeness (QED) is 0.578. The molecule has 2 N–H and O–H groups in total. The highest BCUT2D eigenvalue weighted by molar-refractivity contribution is 5.11. The van der Waals surface area contributed by atoms with Crippen LogP contribution in [-0.4, -0.2) is 15.8 Å². The molecular formula is C18H35N3. The summed E-state index contributed by atoms with van der Waals surface area (Å²) < 4.78 is 2.11. The Labute approximate surface area is 131 Å². The smallest absolute Gasteiger partial charge is 0.0624 e. The number of aromatic nitrogens is 2. The lowest BCUT2D eigenvalue weighted by atomic mass is 10.0. The maximum Gasteiger partial charge on any atom is 0.0624 e. The van der Waals surface area contributed by atoms with Crippen LogP contribution in [0.15, 0.2) is 6.07 Å². The van der Waals surface area contributed by atoms with Crippen LogP contribution in [0.5, 0.6) is 0 Å². The summed E-state index contributed by atoms with van der Waals surface area (Å²) in [6, 6.07) is 2.51. The monoisotopic (exact) mass is 293 g/mol. The molecule has 0 aliphatic rings. The van der Waals surface area contributed by atoms with Gasteiger partial charge < -0.3 is 5.73 Å². The Morgan fingerprint density at radius 3 is 2.33 bits per heavy atom. The second kappa shape index (κ2) is 10.8. The second-order valence-electron chi connectivity index (χ2n) is 6.17. The van der Waals surface area contributed by atoms with E-state index in [-0.39, 0.29) is 6.04 Å². The van der Waals surface area contributed by atoms with Gasteiger partial charge in [-0.25, -0.2) is 0 Å². The third-order valence-electron chi connectivity index (χ3n) is 4.23. The summed E-state index contributed by atoms with van der Waals surface area (Å²) in [7, 11) is 0. The third kappa shape index (κ3) is 7.12. The maximum absolute atomic E-state index is 6.30. The molecule has 1 aromatic heterocycles. The summed E-state index contributed by atoms with van der Waals surface area (Å²) in [5.41, 5.74) is 8.80. The van der Waals surface area contributed by atoms with Crippen LogP contribution in [0.2, 0.25) is 0 Å². The van der Waals surface area contributed by atoms with E-state index in [4.69, 9.17) is 5.73 Å². The van der Waals surface area contributed by atoms with Crippen molar-refractivity contribution in [3.63, 3.8) is 0 Å². The Balaban J connectivity index is 2.21. The first-order valence-electron chi connectivity index (χ1n) is 9.02. The number of nitrogens with two attached hydrogens (primary N) is 1. The van der Waals surface area contributed by atoms with Crippen LogP contribution in [0.25, 0.3) is 0 Å². The molecule has 0 fully saturated rings. The van der Waals surface area contributed by atoms with Crippen molar-refractivity contribution in [2.75, 3.05) is 0 Å². The van der Waals surface area contributed by atoms with E-state index in [0.717, 1.165) is 25.8 Å². The van der Waals surface area contributed by atoms with Crippen LogP contribution < -0.4 is 5.73 Å². The third-order valence-corrected chi connectivity index (χ3v) is 4.23. The summed E-state index contributed by atoms with van der Waals surface area (Å²) in [4.78, 5) is 0. The molecule has 1 unspecified atom stereocenters. The Kier molecular flexibility index (Phi) is 9.40. The SMILES string of the molecule is CCCCCCCCCC(N)Cc1cc(CC)nn1CC. The molecule has 0 aliphatic heterocycles. The van der Waals surface area contributed by atoms with Crippen molar-refractivity contribution in [2.24, 2.45) is 5.73 Å². The van der Waals surface area contributed by atoms with Crippen LogP contribution in [0, 0.1) is 0 Å². The highest BCUT2D eigenvalue weighted by Crippen LogP contribution is 2.13. The zero-order valence-corrected chi connectivity index (χ0v) is 14.4. The molecule has 0 saturated carbocycles. The van der Waals surface area contributed by atoms with Gasteiger partial charge in [0, 0.05) is 24.7 Å². The number of hydrogen-bond acceptors (Lipinski definition) is 2. The van der Waals surface area contributed by atoms with Gasteiger partial charge in [-0.1, -0.05) is 58.8 Å². The highest BCUT2D eigenvalue weighted by Gasteiger charge is 2.10. The van der Waals surface area contributed by atoms with E-state index in [1.54, 1.807) is 0 Å². The fraction of sp³-hybridized carbons (Fsp3) is 0.833. The number of unbranched alkanes of at least 4 members (excludes halogenated alkanes) is 6. The average molecular weight is 293 g/mol. The maximum atomic E-state index is 6.30. The van der Waals surface area contributed by atoms with Crippen LogP contribution >= 0.6 is 0 Å². The molecule has 1 heterocycles. The molecule has 1 atom stereocenters. The molecule has 0 spiro atoms. The fourth-order valence-corrected chi connectivity index (χ4v) is 2.86. The van der Waals surface area contributed by atoms with E-state index in [0.29, 0.717) is 0 Å².